The van der Waals surface area contributed by atoms with Gasteiger partial charge in [0.05, 0.1) is 11.1 Å². The molecule has 0 saturated heterocycles. The van der Waals surface area contributed by atoms with Gasteiger partial charge in [0.1, 0.15) is 0 Å². The molecule has 3 aromatic rings. The number of fused-ring (bicyclic) bond motifs is 1. The van der Waals surface area contributed by atoms with Crippen LogP contribution in [-0.4, -0.2) is 21.8 Å². The van der Waals surface area contributed by atoms with E-state index in [1.54, 1.807) is 43.3 Å². The number of aromatic amines is 1. The Balaban J connectivity index is 1.91. The molecule has 6 nitrogen and oxygen atoms in total. The van der Waals surface area contributed by atoms with Gasteiger partial charge in [0.15, 0.2) is 5.69 Å². The molecule has 0 aliphatic heterocycles. The van der Waals surface area contributed by atoms with Crippen molar-refractivity contribution in [3.05, 3.63) is 75.2 Å². The molecule has 0 radical (unpaired) electrons. The molecule has 1 aromatic heterocycles. The van der Waals surface area contributed by atoms with Crippen molar-refractivity contribution in [2.75, 3.05) is 0 Å². The highest BCUT2D eigenvalue weighted by Crippen LogP contribution is 2.16. The number of hydrazone groups is 1. The van der Waals surface area contributed by atoms with E-state index in [4.69, 9.17) is 11.6 Å². The molecule has 0 saturated carbocycles. The second kappa shape index (κ2) is 6.64. The Labute approximate surface area is 142 Å². The molecule has 24 heavy (non-hydrogen) atoms. The first kappa shape index (κ1) is 15.9. The molecule has 0 spiro atoms. The van der Waals surface area contributed by atoms with Crippen molar-refractivity contribution in [1.29, 1.82) is 0 Å². The summed E-state index contributed by atoms with van der Waals surface area (Å²) < 4.78 is 0. The second-order valence-electron chi connectivity index (χ2n) is 5.06. The van der Waals surface area contributed by atoms with E-state index in [2.05, 4.69) is 20.7 Å². The first-order valence-electron chi connectivity index (χ1n) is 7.15. The zero-order valence-electron chi connectivity index (χ0n) is 12.7. The third kappa shape index (κ3) is 3.04. The minimum Gasteiger partial charge on any atom is -0.267 e. The molecule has 1 heterocycles. The number of H-pyrrole nitrogens is 1. The summed E-state index contributed by atoms with van der Waals surface area (Å²) in [5, 5.41) is 11.6. The number of rotatable bonds is 3. The summed E-state index contributed by atoms with van der Waals surface area (Å²) in [6.07, 6.45) is 0. The van der Waals surface area contributed by atoms with E-state index in [1.807, 2.05) is 12.1 Å². The molecule has 3 rings (SSSR count). The standard InChI is InChI=1S/C17H13ClN4O2/c1-10(11-6-4-5-9-14(11)18)19-22-17(24)15-12-7-2-3-8-13(12)16(23)21-20-15/h2-9H,1H3,(H,21,23)(H,22,24)/b19-10-. The molecule has 7 heteroatoms. The Morgan fingerprint density at radius 2 is 1.79 bits per heavy atom. The third-order valence-electron chi connectivity index (χ3n) is 3.50. The monoisotopic (exact) mass is 340 g/mol. The van der Waals surface area contributed by atoms with Gasteiger partial charge in [-0.25, -0.2) is 10.5 Å². The lowest BCUT2D eigenvalue weighted by Gasteiger charge is -2.06. The lowest BCUT2D eigenvalue weighted by atomic mass is 10.1. The molecular weight excluding hydrogens is 328 g/mol. The van der Waals surface area contributed by atoms with Crippen LogP contribution in [0.3, 0.4) is 0 Å². The van der Waals surface area contributed by atoms with Crippen LogP contribution in [0.15, 0.2) is 58.4 Å². The second-order valence-corrected chi connectivity index (χ2v) is 5.47. The van der Waals surface area contributed by atoms with Gasteiger partial charge < -0.3 is 0 Å². The summed E-state index contributed by atoms with van der Waals surface area (Å²) in [6.45, 7) is 1.74. The maximum atomic E-state index is 12.4. The highest BCUT2D eigenvalue weighted by molar-refractivity contribution is 6.34. The average molecular weight is 341 g/mol. The number of hydrogen-bond acceptors (Lipinski definition) is 4. The fraction of sp³-hybridized carbons (Fsp3) is 0.0588. The van der Waals surface area contributed by atoms with Crippen LogP contribution in [-0.2, 0) is 0 Å². The molecule has 1 amide bonds. The molecule has 2 N–H and O–H groups in total. The van der Waals surface area contributed by atoms with E-state index in [0.717, 1.165) is 5.56 Å². The quantitative estimate of drug-likeness (QED) is 0.567. The highest BCUT2D eigenvalue weighted by atomic mass is 35.5. The number of nitrogens with one attached hydrogen (secondary N) is 2. The van der Waals surface area contributed by atoms with Crippen molar-refractivity contribution in [1.82, 2.24) is 15.6 Å². The number of nitrogens with zero attached hydrogens (tertiary/aromatic N) is 2. The van der Waals surface area contributed by atoms with Crippen LogP contribution in [0.4, 0.5) is 0 Å². The van der Waals surface area contributed by atoms with Crippen LogP contribution in [0.2, 0.25) is 5.02 Å². The zero-order chi connectivity index (χ0) is 17.1. The summed E-state index contributed by atoms with van der Waals surface area (Å²) in [6, 6.07) is 13.9. The molecular formula is C17H13ClN4O2. The number of carbonyl (C=O) groups is 1. The van der Waals surface area contributed by atoms with Crippen LogP contribution in [0.25, 0.3) is 10.8 Å². The smallest absolute Gasteiger partial charge is 0.267 e. The van der Waals surface area contributed by atoms with Crippen LogP contribution in [0.5, 0.6) is 0 Å². The van der Waals surface area contributed by atoms with Gasteiger partial charge >= 0.3 is 0 Å². The minimum absolute atomic E-state index is 0.0981. The SMILES string of the molecule is C/C(=N/NC(=O)c1n[nH]c(=O)c2ccccc12)c1ccccc1Cl. The Hall–Kier alpha value is -2.99. The van der Waals surface area contributed by atoms with Crippen LogP contribution < -0.4 is 11.0 Å². The molecule has 0 aliphatic rings. The lowest BCUT2D eigenvalue weighted by Crippen LogP contribution is -2.23. The van der Waals surface area contributed by atoms with Crippen molar-refractivity contribution >= 4 is 34.0 Å². The maximum Gasteiger partial charge on any atom is 0.292 e. The highest BCUT2D eigenvalue weighted by Gasteiger charge is 2.13. The van der Waals surface area contributed by atoms with Gasteiger partial charge in [-0.15, -0.1) is 0 Å². The Morgan fingerprint density at radius 1 is 1.12 bits per heavy atom. The molecule has 0 aliphatic carbocycles. The maximum absolute atomic E-state index is 12.4. The van der Waals surface area contributed by atoms with Crippen molar-refractivity contribution < 1.29 is 4.79 Å². The first-order valence-corrected chi connectivity index (χ1v) is 7.52. The minimum atomic E-state index is -0.520. The topological polar surface area (TPSA) is 87.2 Å². The largest absolute Gasteiger partial charge is 0.292 e. The number of aromatic nitrogens is 2. The first-order chi connectivity index (χ1) is 11.6. The van der Waals surface area contributed by atoms with E-state index < -0.39 is 5.91 Å². The van der Waals surface area contributed by atoms with Gasteiger partial charge in [0.2, 0.25) is 0 Å². The summed E-state index contributed by atoms with van der Waals surface area (Å²) in [5.74, 6) is -0.520. The van der Waals surface area contributed by atoms with E-state index in [-0.39, 0.29) is 11.3 Å². The van der Waals surface area contributed by atoms with Crippen molar-refractivity contribution in [2.45, 2.75) is 6.92 Å². The van der Waals surface area contributed by atoms with Gasteiger partial charge in [-0.3, -0.25) is 9.59 Å². The van der Waals surface area contributed by atoms with Crippen LogP contribution in [0, 0.1) is 0 Å². The lowest BCUT2D eigenvalue weighted by molar-refractivity contribution is 0.0950. The van der Waals surface area contributed by atoms with Gasteiger partial charge in [0.25, 0.3) is 11.5 Å². The van der Waals surface area contributed by atoms with Gasteiger partial charge in [-0.2, -0.15) is 10.2 Å². The Bertz CT molecular complexity index is 1010. The van der Waals surface area contributed by atoms with E-state index >= 15 is 0 Å². The van der Waals surface area contributed by atoms with Crippen LogP contribution in [0.1, 0.15) is 23.0 Å². The third-order valence-corrected chi connectivity index (χ3v) is 3.83. The number of benzene rings is 2. The van der Waals surface area contributed by atoms with Gasteiger partial charge in [-0.05, 0) is 19.1 Å². The zero-order valence-corrected chi connectivity index (χ0v) is 13.5. The van der Waals surface area contributed by atoms with Crippen molar-refractivity contribution in [3.63, 3.8) is 0 Å². The fourth-order valence-corrected chi connectivity index (χ4v) is 2.56. The Morgan fingerprint density at radius 3 is 2.54 bits per heavy atom. The predicted octanol–water partition coefficient (Wildman–Crippen LogP) is 2.73. The summed E-state index contributed by atoms with van der Waals surface area (Å²) >= 11 is 6.10. The normalized spacial score (nSPS) is 11.5. The number of amides is 1. The van der Waals surface area contributed by atoms with E-state index in [1.165, 1.54) is 0 Å². The van der Waals surface area contributed by atoms with Gasteiger partial charge in [-0.1, -0.05) is 48.0 Å². The van der Waals surface area contributed by atoms with E-state index in [0.29, 0.717) is 21.5 Å². The van der Waals surface area contributed by atoms with Crippen molar-refractivity contribution in [3.8, 4) is 0 Å². The number of hydrogen-bond donors (Lipinski definition) is 2. The molecule has 0 fully saturated rings. The molecule has 0 atom stereocenters. The number of halogens is 1. The predicted molar refractivity (Wildman–Crippen MR) is 93.5 cm³/mol. The fourth-order valence-electron chi connectivity index (χ4n) is 2.29. The molecule has 120 valence electrons. The van der Waals surface area contributed by atoms with Crippen molar-refractivity contribution in [2.24, 2.45) is 5.10 Å². The summed E-state index contributed by atoms with van der Waals surface area (Å²) in [7, 11) is 0. The summed E-state index contributed by atoms with van der Waals surface area (Å²) in [5.41, 5.74) is 3.47. The summed E-state index contributed by atoms with van der Waals surface area (Å²) in [4.78, 5) is 24.1. The molecule has 0 unspecified atom stereocenters. The van der Waals surface area contributed by atoms with Gasteiger partial charge in [0, 0.05) is 16.0 Å². The Kier molecular flexibility index (Phi) is 4.39. The average Bonchev–Trinajstić information content (AvgIpc) is 2.60. The number of carbonyl (C=O) groups excluding carboxylic acids is 1. The molecule has 2 aromatic carbocycles. The van der Waals surface area contributed by atoms with Crippen LogP contribution >= 0.6 is 11.6 Å². The van der Waals surface area contributed by atoms with E-state index in [9.17, 15) is 9.59 Å². The molecule has 0 bridgehead atoms.